The van der Waals surface area contributed by atoms with Gasteiger partial charge in [-0.2, -0.15) is 0 Å². The molecule has 48 heavy (non-hydrogen) atoms. The highest BCUT2D eigenvalue weighted by Gasteiger charge is 2.01. The van der Waals surface area contributed by atoms with Crippen LogP contribution in [0.2, 0.25) is 0 Å². The van der Waals surface area contributed by atoms with E-state index < -0.39 is 0 Å². The van der Waals surface area contributed by atoms with E-state index in [-0.39, 0.29) is 0 Å². The van der Waals surface area contributed by atoms with Crippen LogP contribution in [0.3, 0.4) is 0 Å². The number of ether oxygens (including phenoxy) is 2. The monoisotopic (exact) mass is 624 g/mol. The third-order valence-corrected chi connectivity index (χ3v) is 7.77. The first-order chi connectivity index (χ1) is 23.6. The summed E-state index contributed by atoms with van der Waals surface area (Å²) < 4.78 is 10.6. The maximum atomic E-state index is 5.31. The Morgan fingerprint density at radius 1 is 0.354 bits per heavy atom. The van der Waals surface area contributed by atoms with Crippen molar-refractivity contribution in [3.05, 3.63) is 178 Å². The van der Waals surface area contributed by atoms with Crippen LogP contribution in [0.4, 0.5) is 0 Å². The molecule has 0 bridgehead atoms. The molecule has 4 heteroatoms. The van der Waals surface area contributed by atoms with E-state index in [9.17, 15) is 0 Å². The second kappa shape index (κ2) is 15.8. The topological polar surface area (TPSA) is 44.2 Å². The minimum absolute atomic E-state index is 0.840. The van der Waals surface area contributed by atoms with Crippen LogP contribution >= 0.6 is 0 Å². The van der Waals surface area contributed by atoms with Crippen LogP contribution in [-0.2, 0) is 0 Å². The van der Waals surface area contributed by atoms with E-state index in [2.05, 4.69) is 131 Å². The zero-order valence-electron chi connectivity index (χ0n) is 27.0. The van der Waals surface area contributed by atoms with Crippen LogP contribution < -0.4 is 9.47 Å². The zero-order chi connectivity index (χ0) is 33.0. The largest absolute Gasteiger partial charge is 0.497 e. The normalized spacial score (nSPS) is 11.6. The Hall–Kier alpha value is -6.26. The van der Waals surface area contributed by atoms with Crippen LogP contribution in [0.25, 0.3) is 60.0 Å². The van der Waals surface area contributed by atoms with Gasteiger partial charge < -0.3 is 9.47 Å². The molecule has 0 aliphatic carbocycles. The number of methoxy groups -OCH3 is 2. The van der Waals surface area contributed by atoms with Crippen molar-refractivity contribution >= 4 is 48.6 Å². The molecule has 0 unspecified atom stereocenters. The summed E-state index contributed by atoms with van der Waals surface area (Å²) in [7, 11) is 3.36. The fourth-order valence-corrected chi connectivity index (χ4v) is 5.01. The Balaban J connectivity index is 1.01. The van der Waals surface area contributed by atoms with Crippen molar-refractivity contribution < 1.29 is 9.47 Å². The van der Waals surface area contributed by atoms with Crippen molar-refractivity contribution in [3.63, 3.8) is 0 Å². The van der Waals surface area contributed by atoms with Gasteiger partial charge in [0, 0.05) is 12.4 Å². The molecule has 0 aliphatic heterocycles. The van der Waals surface area contributed by atoms with E-state index in [4.69, 9.17) is 9.47 Å². The summed E-state index contributed by atoms with van der Waals surface area (Å²) in [5.74, 6) is 1.71. The Bertz CT molecular complexity index is 1900. The van der Waals surface area contributed by atoms with Crippen molar-refractivity contribution in [2.45, 2.75) is 0 Å². The van der Waals surface area contributed by atoms with E-state index in [0.717, 1.165) is 67.4 Å². The van der Waals surface area contributed by atoms with Crippen molar-refractivity contribution in [1.29, 1.82) is 0 Å². The van der Waals surface area contributed by atoms with Crippen molar-refractivity contribution in [1.82, 2.24) is 9.97 Å². The standard InChI is InChI=1S/C44H36N2O2/c1-47-41-7-3-5-37(29-41)21-17-33-9-13-35(14-10-33)19-23-39-25-27-43(45-31-39)44-28-26-40(32-46-44)24-20-36-15-11-34(12-16-36)18-22-38-6-4-8-42(30-38)48-2/h3-32H,1-2H3/b21-17+,22-18+,23-19+,24-20+. The van der Waals surface area contributed by atoms with Gasteiger partial charge in [-0.1, -0.05) is 134 Å². The minimum Gasteiger partial charge on any atom is -0.497 e. The van der Waals surface area contributed by atoms with E-state index in [0.29, 0.717) is 0 Å². The Kier molecular flexibility index (Phi) is 10.5. The number of rotatable bonds is 11. The Morgan fingerprint density at radius 3 is 0.979 bits per heavy atom. The highest BCUT2D eigenvalue weighted by molar-refractivity contribution is 5.75. The third-order valence-electron chi connectivity index (χ3n) is 7.77. The summed E-state index contributed by atoms with van der Waals surface area (Å²) in [4.78, 5) is 9.31. The lowest BCUT2D eigenvalue weighted by atomic mass is 10.1. The molecule has 0 saturated carbocycles. The molecule has 0 aliphatic rings. The van der Waals surface area contributed by atoms with Gasteiger partial charge in [0.25, 0.3) is 0 Å². The first-order valence-electron chi connectivity index (χ1n) is 15.8. The molecule has 6 aromatic rings. The van der Waals surface area contributed by atoms with Crippen molar-refractivity contribution in [2.75, 3.05) is 14.2 Å². The van der Waals surface area contributed by atoms with Crippen LogP contribution in [0.1, 0.15) is 44.5 Å². The second-order valence-corrected chi connectivity index (χ2v) is 11.2. The summed E-state index contributed by atoms with van der Waals surface area (Å²) in [6, 6.07) is 41.1. The molecule has 234 valence electrons. The molecule has 6 rings (SSSR count). The van der Waals surface area contributed by atoms with Crippen molar-refractivity contribution in [3.8, 4) is 22.9 Å². The summed E-state index contributed by atoms with van der Waals surface area (Å²) in [6.07, 6.45) is 20.5. The predicted octanol–water partition coefficient (Wildman–Crippen LogP) is 10.8. The minimum atomic E-state index is 0.840. The smallest absolute Gasteiger partial charge is 0.119 e. The SMILES string of the molecule is COc1cccc(/C=C/c2ccc(/C=C/c3ccc(-c4ccc(/C=C/c5ccc(/C=C/c6cccc(OC)c6)cc5)cn4)nc3)cc2)c1. The van der Waals surface area contributed by atoms with E-state index >= 15 is 0 Å². The lowest BCUT2D eigenvalue weighted by Gasteiger charge is -2.02. The van der Waals surface area contributed by atoms with Gasteiger partial charge in [-0.05, 0) is 80.9 Å². The molecule has 0 saturated heterocycles. The van der Waals surface area contributed by atoms with Gasteiger partial charge in [0.2, 0.25) is 0 Å². The Morgan fingerprint density at radius 2 is 0.667 bits per heavy atom. The lowest BCUT2D eigenvalue weighted by Crippen LogP contribution is -1.88. The molecule has 4 aromatic carbocycles. The number of hydrogen-bond donors (Lipinski definition) is 0. The van der Waals surface area contributed by atoms with E-state index in [1.54, 1.807) is 14.2 Å². The first kappa shape index (κ1) is 31.7. The molecule has 0 amide bonds. The molecular weight excluding hydrogens is 588 g/mol. The van der Waals surface area contributed by atoms with Gasteiger partial charge in [-0.15, -0.1) is 0 Å². The summed E-state index contributed by atoms with van der Waals surface area (Å²) >= 11 is 0. The highest BCUT2D eigenvalue weighted by atomic mass is 16.5. The highest BCUT2D eigenvalue weighted by Crippen LogP contribution is 2.20. The Labute approximate surface area is 282 Å². The molecule has 0 N–H and O–H groups in total. The maximum Gasteiger partial charge on any atom is 0.119 e. The summed E-state index contributed by atoms with van der Waals surface area (Å²) in [5.41, 5.74) is 10.5. The number of hydrogen-bond acceptors (Lipinski definition) is 4. The van der Waals surface area contributed by atoms with E-state index in [1.165, 1.54) is 0 Å². The van der Waals surface area contributed by atoms with Gasteiger partial charge in [-0.25, -0.2) is 0 Å². The summed E-state index contributed by atoms with van der Waals surface area (Å²) in [6.45, 7) is 0. The fourth-order valence-electron chi connectivity index (χ4n) is 5.01. The van der Waals surface area contributed by atoms with Crippen LogP contribution in [0.15, 0.2) is 134 Å². The van der Waals surface area contributed by atoms with Crippen LogP contribution in [0.5, 0.6) is 11.5 Å². The molecule has 0 atom stereocenters. The van der Waals surface area contributed by atoms with Gasteiger partial charge in [0.15, 0.2) is 0 Å². The van der Waals surface area contributed by atoms with Gasteiger partial charge >= 0.3 is 0 Å². The number of pyridine rings is 2. The zero-order valence-corrected chi connectivity index (χ0v) is 27.0. The third kappa shape index (κ3) is 8.93. The van der Waals surface area contributed by atoms with Crippen LogP contribution in [-0.4, -0.2) is 24.2 Å². The molecule has 0 spiro atoms. The number of nitrogens with zero attached hydrogens (tertiary/aromatic N) is 2. The molecule has 0 fully saturated rings. The fraction of sp³-hybridized carbons (Fsp3) is 0.0455. The predicted molar refractivity (Wildman–Crippen MR) is 202 cm³/mol. The summed E-state index contributed by atoms with van der Waals surface area (Å²) in [5, 5.41) is 0. The second-order valence-electron chi connectivity index (χ2n) is 11.2. The molecular formula is C44H36N2O2. The van der Waals surface area contributed by atoms with Crippen molar-refractivity contribution in [2.24, 2.45) is 0 Å². The van der Waals surface area contributed by atoms with Gasteiger partial charge in [-0.3, -0.25) is 9.97 Å². The maximum absolute atomic E-state index is 5.31. The van der Waals surface area contributed by atoms with E-state index in [1.807, 2.05) is 60.9 Å². The number of benzene rings is 4. The quantitative estimate of drug-likeness (QED) is 0.135. The van der Waals surface area contributed by atoms with Gasteiger partial charge in [0.05, 0.1) is 25.6 Å². The average molecular weight is 625 g/mol. The molecule has 0 radical (unpaired) electrons. The molecule has 2 heterocycles. The molecule has 4 nitrogen and oxygen atoms in total. The van der Waals surface area contributed by atoms with Crippen LogP contribution in [0, 0.1) is 0 Å². The number of aromatic nitrogens is 2. The first-order valence-corrected chi connectivity index (χ1v) is 15.8. The average Bonchev–Trinajstić information content (AvgIpc) is 3.16. The molecule has 2 aromatic heterocycles. The lowest BCUT2D eigenvalue weighted by molar-refractivity contribution is 0.414. The van der Waals surface area contributed by atoms with Gasteiger partial charge in [0.1, 0.15) is 11.5 Å².